The molecule has 3 fully saturated rings. The second-order valence-electron chi connectivity index (χ2n) is 26.2. The van der Waals surface area contributed by atoms with Crippen LogP contribution in [-0.2, 0) is 66.9 Å². The number of rotatable bonds is 38. The number of ketones is 5. The molecule has 0 aromatic heterocycles. The first kappa shape index (κ1) is 78.5. The van der Waals surface area contributed by atoms with Crippen molar-refractivity contribution in [1.82, 2.24) is 20.9 Å². The van der Waals surface area contributed by atoms with Crippen molar-refractivity contribution in [2.75, 3.05) is 26.3 Å². The van der Waals surface area contributed by atoms with E-state index in [0.29, 0.717) is 32.2 Å². The van der Waals surface area contributed by atoms with E-state index < -0.39 is 217 Å². The van der Waals surface area contributed by atoms with Crippen molar-refractivity contribution in [1.29, 1.82) is 0 Å². The number of nitrogens with two attached hydrogens (primary N) is 2. The van der Waals surface area contributed by atoms with Crippen molar-refractivity contribution < 1.29 is 103 Å². The van der Waals surface area contributed by atoms with Crippen LogP contribution in [0.1, 0.15) is 154 Å². The minimum absolute atomic E-state index is 0.205. The van der Waals surface area contributed by atoms with Gasteiger partial charge in [-0.2, -0.15) is 0 Å². The van der Waals surface area contributed by atoms with Crippen LogP contribution in [-0.4, -0.2) is 217 Å². The normalized spacial score (nSPS) is 27.4. The molecule has 4 amide bonds. The van der Waals surface area contributed by atoms with Gasteiger partial charge in [-0.05, 0) is 76.7 Å². The third-order valence-corrected chi connectivity index (χ3v) is 17.8. The van der Waals surface area contributed by atoms with E-state index >= 15 is 0 Å². The topological polar surface area (TPSA) is 441 Å². The molecule has 3 rings (SSSR count). The third kappa shape index (κ3) is 21.9. The molecule has 0 radical (unpaired) electrons. The van der Waals surface area contributed by atoms with Crippen LogP contribution in [0.5, 0.6) is 0 Å². The smallest absolute Gasteiger partial charge is 0.306 e. The summed E-state index contributed by atoms with van der Waals surface area (Å²) in [5, 5.41) is 79.8. The number of hydrogen-bond donors (Lipinski definition) is 12. The first-order valence-electron chi connectivity index (χ1n) is 31.6. The highest BCUT2D eigenvalue weighted by Crippen LogP contribution is 2.35. The highest BCUT2D eigenvalue weighted by Gasteiger charge is 2.51. The molecule has 3 aliphatic rings. The number of carbonyl (C=O) groups is 10. The summed E-state index contributed by atoms with van der Waals surface area (Å²) in [5.74, 6) is -13.0. The number of aliphatic hydroxyl groups excluding tert-OH is 6. The maximum atomic E-state index is 14.3. The van der Waals surface area contributed by atoms with Crippen molar-refractivity contribution in [3.05, 3.63) is 0 Å². The fourth-order valence-electron chi connectivity index (χ4n) is 11.5. The number of likely N-dealkylation sites (tertiary alicyclic amines) is 1. The molecule has 0 saturated carbocycles. The Bertz CT molecular complexity index is 2370. The van der Waals surface area contributed by atoms with E-state index in [2.05, 4.69) is 16.0 Å². The largest absolute Gasteiger partial charge is 0.481 e. The van der Waals surface area contributed by atoms with Gasteiger partial charge in [0.1, 0.15) is 36.6 Å². The molecule has 0 bridgehead atoms. The number of aliphatic hydroxyl groups is 6. The van der Waals surface area contributed by atoms with Crippen LogP contribution in [0.2, 0.25) is 0 Å². The first-order valence-corrected chi connectivity index (χ1v) is 31.6. The van der Waals surface area contributed by atoms with Crippen LogP contribution in [0, 0.1) is 59.2 Å². The van der Waals surface area contributed by atoms with Crippen molar-refractivity contribution in [2.45, 2.75) is 246 Å². The Hall–Kier alpha value is -4.78. The van der Waals surface area contributed by atoms with Gasteiger partial charge in [0.15, 0.2) is 41.5 Å². The van der Waals surface area contributed by atoms with Crippen LogP contribution >= 0.6 is 0 Å². The second kappa shape index (κ2) is 36.5. The van der Waals surface area contributed by atoms with Gasteiger partial charge >= 0.3 is 5.97 Å². The minimum Gasteiger partial charge on any atom is -0.481 e. The molecule has 0 aromatic carbocycles. The third-order valence-electron chi connectivity index (χ3n) is 17.8. The van der Waals surface area contributed by atoms with Crippen molar-refractivity contribution >= 4 is 58.5 Å². The number of carbonyl (C=O) groups excluding carboxylic acids is 9. The molecule has 0 spiro atoms. The summed E-state index contributed by atoms with van der Waals surface area (Å²) in [6.07, 6.45) is -14.1. The molecule has 27 heteroatoms. The van der Waals surface area contributed by atoms with Crippen LogP contribution in [0.3, 0.4) is 0 Å². The van der Waals surface area contributed by atoms with E-state index in [1.807, 2.05) is 0 Å². The molecule has 510 valence electrons. The van der Waals surface area contributed by atoms with Gasteiger partial charge in [-0.1, -0.05) is 75.7 Å². The molecule has 3 aliphatic heterocycles. The average Bonchev–Trinajstić information content (AvgIpc) is 1.58. The van der Waals surface area contributed by atoms with Gasteiger partial charge in [-0.15, -0.1) is 0 Å². The summed E-state index contributed by atoms with van der Waals surface area (Å²) in [4.78, 5) is 137. The lowest BCUT2D eigenvalue weighted by Gasteiger charge is -2.47. The molecule has 0 aliphatic carbocycles. The molecule has 21 atom stereocenters. The zero-order chi connectivity index (χ0) is 67.6. The van der Waals surface area contributed by atoms with Gasteiger partial charge in [0.05, 0.1) is 61.5 Å². The summed E-state index contributed by atoms with van der Waals surface area (Å²) >= 11 is 0. The number of nitrogens with zero attached hydrogens (tertiary/aromatic N) is 1. The molecule has 14 N–H and O–H groups in total. The quantitative estimate of drug-likeness (QED) is 0.0357. The summed E-state index contributed by atoms with van der Waals surface area (Å²) in [5.41, 5.74) is 12.0. The number of nitrogens with one attached hydrogen (secondary N) is 3. The lowest BCUT2D eigenvalue weighted by atomic mass is 9.84. The number of carboxylic acid groups (broad SMARTS) is 1. The van der Waals surface area contributed by atoms with Gasteiger partial charge in [-0.25, -0.2) is 0 Å². The van der Waals surface area contributed by atoms with Crippen molar-refractivity contribution in [3.8, 4) is 0 Å². The number of Topliss-reactive ketones (excluding diaryl/α,β-unsaturated/α-hetero) is 5. The predicted molar refractivity (Wildman–Crippen MR) is 321 cm³/mol. The number of carboxylic acids is 1. The van der Waals surface area contributed by atoms with Gasteiger partial charge in [0.25, 0.3) is 0 Å². The standard InChI is InChI=1S/C62H106N6O21/c1-28(2)38(58(82)67-50(31(7)8)46(75)24-39(29(3)4)57(81)66-34(11)42(71)22-37(60(84)85)17-14-15-19-63)23-43(72)35(12)65-56(80)32(9)21-44(73)41-18-16-20-68(41)59(83)40(30(5)6)25-45(74)49(64)36(13)86-61-33(10)55(52(77)48(27-70)87-61)89-62-54(79)53(78)51(76)47(26-69)88-62/h28-41,47-55,61-62,69-70,76-79H,14-27,63-64H2,1-13H3,(H,65,80)(H,66,81)(H,67,82)(H,84,85)/t32?,33?,34-,35-,36?,37?,38?,39?,40?,41-,47?,48?,49-,50-,51-,52-,53-,54?,55+,61-,62-/m0/s1. The van der Waals surface area contributed by atoms with E-state index in [0.717, 1.165) is 0 Å². The van der Waals surface area contributed by atoms with E-state index in [1.165, 1.54) is 32.6 Å². The highest BCUT2D eigenvalue weighted by molar-refractivity contribution is 5.98. The molecule has 3 heterocycles. The number of hydrogen-bond acceptors (Lipinski definition) is 22. The lowest BCUT2D eigenvalue weighted by molar-refractivity contribution is -0.354. The number of aliphatic carboxylic acids is 1. The average molecular weight is 1270 g/mol. The van der Waals surface area contributed by atoms with Gasteiger partial charge < -0.3 is 87.0 Å². The van der Waals surface area contributed by atoms with Crippen LogP contribution < -0.4 is 27.4 Å². The fraction of sp³-hybridized carbons (Fsp3) is 0.839. The summed E-state index contributed by atoms with van der Waals surface area (Å²) in [6, 6.07) is -5.44. The Morgan fingerprint density at radius 3 is 1.63 bits per heavy atom. The van der Waals surface area contributed by atoms with Gasteiger partial charge in [0.2, 0.25) is 23.6 Å². The van der Waals surface area contributed by atoms with Gasteiger partial charge in [0, 0.05) is 68.2 Å². The number of amides is 4. The maximum absolute atomic E-state index is 14.3. The predicted octanol–water partition coefficient (Wildman–Crippen LogP) is -0.162. The monoisotopic (exact) mass is 1270 g/mol. The molecular formula is C62H106N6O21. The minimum atomic E-state index is -1.80. The summed E-state index contributed by atoms with van der Waals surface area (Å²) < 4.78 is 23.3. The Kier molecular flexibility index (Phi) is 32.1. The molecular weight excluding hydrogens is 1160 g/mol. The molecule has 27 nitrogen and oxygen atoms in total. The summed E-state index contributed by atoms with van der Waals surface area (Å²) in [7, 11) is 0. The van der Waals surface area contributed by atoms with E-state index in [1.54, 1.807) is 62.3 Å². The Morgan fingerprint density at radius 1 is 0.596 bits per heavy atom. The van der Waals surface area contributed by atoms with Crippen LogP contribution in [0.4, 0.5) is 0 Å². The van der Waals surface area contributed by atoms with Crippen molar-refractivity contribution in [3.63, 3.8) is 0 Å². The molecule has 89 heavy (non-hydrogen) atoms. The Labute approximate surface area is 523 Å². The second-order valence-corrected chi connectivity index (χ2v) is 26.2. The summed E-state index contributed by atoms with van der Waals surface area (Å²) in [6.45, 7) is 20.5. The van der Waals surface area contributed by atoms with Crippen LogP contribution in [0.25, 0.3) is 0 Å². The molecule has 3 saturated heterocycles. The van der Waals surface area contributed by atoms with E-state index in [-0.39, 0.29) is 51.0 Å². The number of unbranched alkanes of at least 4 members (excludes halogenated alkanes) is 1. The maximum Gasteiger partial charge on any atom is 0.306 e. The number of ether oxygens (including phenoxy) is 4. The van der Waals surface area contributed by atoms with Gasteiger partial charge in [-0.3, -0.25) is 47.9 Å². The lowest BCUT2D eigenvalue weighted by Crippen LogP contribution is -2.63. The van der Waals surface area contributed by atoms with E-state index in [9.17, 15) is 83.7 Å². The zero-order valence-corrected chi connectivity index (χ0v) is 54.3. The van der Waals surface area contributed by atoms with E-state index in [4.69, 9.17) is 30.4 Å². The first-order chi connectivity index (χ1) is 41.5. The SMILES string of the molecule is CC(CC(=O)[C@@H]1CCCN1C(=O)C(CC(=O)[C@@H](N)C(C)O[C@H]1OC(CO)[C@H](O)[C@H](O[C@@H]2OC(CO)[C@H](O)[C@H](O)C2O)C1C)C(C)C)C(=O)N[C@@H](C)C(=O)CC(C(=O)N[C@H](C(=O)CC(C(=O)N[C@@H](C)C(=O)CC(CCCCN)C(=O)O)C(C)C)C(C)C)C(C)C. The zero-order valence-electron chi connectivity index (χ0n) is 54.3. The fourth-order valence-corrected chi connectivity index (χ4v) is 11.5. The Balaban J connectivity index is 1.61. The van der Waals surface area contributed by atoms with Crippen molar-refractivity contribution in [2.24, 2.45) is 70.6 Å². The molecule has 10 unspecified atom stereocenters. The molecule has 0 aromatic rings. The van der Waals surface area contributed by atoms with Crippen LogP contribution in [0.15, 0.2) is 0 Å². The highest BCUT2D eigenvalue weighted by atomic mass is 16.7. The Morgan fingerprint density at radius 2 is 1.10 bits per heavy atom.